The Bertz CT molecular complexity index is 541. The van der Waals surface area contributed by atoms with Crippen molar-refractivity contribution in [1.82, 2.24) is 0 Å². The number of rotatable bonds is 5. The Morgan fingerprint density at radius 1 is 0.920 bits per heavy atom. The van der Waals surface area contributed by atoms with Gasteiger partial charge < -0.3 is 0 Å². The molecule has 0 bridgehead atoms. The summed E-state index contributed by atoms with van der Waals surface area (Å²) in [6.45, 7) is 4.69. The van der Waals surface area contributed by atoms with Gasteiger partial charge in [-0.25, -0.2) is 8.78 Å². The maximum Gasteiger partial charge on any atom is 0.159 e. The van der Waals surface area contributed by atoms with E-state index >= 15 is 0 Å². The average molecular weight is 364 g/mol. The summed E-state index contributed by atoms with van der Waals surface area (Å²) < 4.78 is 26.6. The molecule has 139 valence electrons. The normalized spacial score (nSPS) is 26.3. The molecule has 0 N–H and O–H groups in total. The Labute approximate surface area is 154 Å². The molecule has 1 saturated heterocycles. The predicted molar refractivity (Wildman–Crippen MR) is 103 cm³/mol. The molecule has 1 radical (unpaired) electrons. The summed E-state index contributed by atoms with van der Waals surface area (Å²) in [5, 5.41) is 0. The van der Waals surface area contributed by atoms with Crippen molar-refractivity contribution in [2.24, 2.45) is 17.8 Å². The largest absolute Gasteiger partial charge is 0.204 e. The van der Waals surface area contributed by atoms with Crippen LogP contribution in [-0.4, -0.2) is 8.80 Å². The van der Waals surface area contributed by atoms with Crippen LogP contribution in [0.1, 0.15) is 70.3 Å². The Morgan fingerprint density at radius 2 is 1.56 bits per heavy atom. The molecule has 0 amide bonds. The van der Waals surface area contributed by atoms with E-state index in [0.29, 0.717) is 5.92 Å². The molecule has 3 rings (SSSR count). The van der Waals surface area contributed by atoms with E-state index in [9.17, 15) is 8.78 Å². The summed E-state index contributed by atoms with van der Waals surface area (Å²) in [5.41, 5.74) is 1.00. The highest BCUT2D eigenvalue weighted by molar-refractivity contribution is 6.58. The van der Waals surface area contributed by atoms with Gasteiger partial charge in [-0.3, -0.25) is 0 Å². The molecule has 1 aliphatic carbocycles. The minimum Gasteiger partial charge on any atom is -0.204 e. The van der Waals surface area contributed by atoms with Gasteiger partial charge >= 0.3 is 0 Å². The first-order valence-electron chi connectivity index (χ1n) is 10.3. The van der Waals surface area contributed by atoms with Gasteiger partial charge in [0.25, 0.3) is 0 Å². The molecular weight excluding hydrogens is 330 g/mol. The monoisotopic (exact) mass is 363 g/mol. The smallest absolute Gasteiger partial charge is 0.159 e. The fourth-order valence-electron chi connectivity index (χ4n) is 4.95. The molecule has 1 aromatic rings. The summed E-state index contributed by atoms with van der Waals surface area (Å²) in [7, 11) is -0.0526. The summed E-state index contributed by atoms with van der Waals surface area (Å²) in [4.78, 5) is 0. The van der Waals surface area contributed by atoms with Crippen molar-refractivity contribution < 1.29 is 8.78 Å². The van der Waals surface area contributed by atoms with Crippen molar-refractivity contribution in [3.63, 3.8) is 0 Å². The summed E-state index contributed by atoms with van der Waals surface area (Å²) >= 11 is 0. The number of hydrogen-bond donors (Lipinski definition) is 0. The molecule has 25 heavy (non-hydrogen) atoms. The molecule has 1 aliphatic heterocycles. The molecule has 0 aromatic heterocycles. The van der Waals surface area contributed by atoms with E-state index in [0.717, 1.165) is 36.2 Å². The maximum absolute atomic E-state index is 13.5. The van der Waals surface area contributed by atoms with E-state index < -0.39 is 11.6 Å². The van der Waals surface area contributed by atoms with E-state index in [-0.39, 0.29) is 8.80 Å². The van der Waals surface area contributed by atoms with Gasteiger partial charge in [0.15, 0.2) is 11.6 Å². The quantitative estimate of drug-likeness (QED) is 0.486. The van der Waals surface area contributed by atoms with Gasteiger partial charge in [0, 0.05) is 8.80 Å². The first kappa shape index (κ1) is 19.1. The zero-order valence-electron chi connectivity index (χ0n) is 15.9. The Hall–Kier alpha value is -0.703. The number of hydrogen-bond acceptors (Lipinski definition) is 0. The van der Waals surface area contributed by atoms with Crippen molar-refractivity contribution in [2.75, 3.05) is 0 Å². The van der Waals surface area contributed by atoms with Crippen LogP contribution in [0.15, 0.2) is 18.2 Å². The van der Waals surface area contributed by atoms with Gasteiger partial charge in [0.2, 0.25) is 0 Å². The number of halogens is 2. The maximum atomic E-state index is 13.5. The highest BCUT2D eigenvalue weighted by Crippen LogP contribution is 2.43. The molecule has 1 heterocycles. The van der Waals surface area contributed by atoms with Crippen LogP contribution in [0.2, 0.25) is 18.1 Å². The van der Waals surface area contributed by atoms with Crippen LogP contribution < -0.4 is 0 Å². The molecule has 0 spiro atoms. The van der Waals surface area contributed by atoms with E-state index in [1.165, 1.54) is 62.4 Å². The minimum absolute atomic E-state index is 0.0526. The van der Waals surface area contributed by atoms with E-state index in [1.807, 2.05) is 0 Å². The number of benzene rings is 1. The van der Waals surface area contributed by atoms with E-state index in [1.54, 1.807) is 6.07 Å². The van der Waals surface area contributed by atoms with Crippen LogP contribution >= 0.6 is 0 Å². The second kappa shape index (κ2) is 8.79. The highest BCUT2D eigenvalue weighted by Gasteiger charge is 2.31. The summed E-state index contributed by atoms with van der Waals surface area (Å²) in [6.07, 6.45) is 9.22. The molecule has 2 fully saturated rings. The first-order chi connectivity index (χ1) is 12.0. The van der Waals surface area contributed by atoms with Crippen LogP contribution in [0.5, 0.6) is 0 Å². The molecule has 3 heteroatoms. The first-order valence-corrected chi connectivity index (χ1v) is 12.4. The lowest BCUT2D eigenvalue weighted by Gasteiger charge is -2.37. The van der Waals surface area contributed by atoms with Crippen LogP contribution in [0, 0.1) is 29.4 Å². The van der Waals surface area contributed by atoms with Crippen molar-refractivity contribution in [3.05, 3.63) is 35.4 Å². The average Bonchev–Trinajstić information content (AvgIpc) is 2.63. The Balaban J connectivity index is 1.44. The highest BCUT2D eigenvalue weighted by atomic mass is 28.3. The van der Waals surface area contributed by atoms with Crippen LogP contribution in [0.25, 0.3) is 0 Å². The van der Waals surface area contributed by atoms with E-state index in [4.69, 9.17) is 0 Å². The second-order valence-corrected chi connectivity index (χ2v) is 11.8. The molecule has 0 nitrogen and oxygen atoms in total. The summed E-state index contributed by atoms with van der Waals surface area (Å²) in [5.74, 6) is 1.70. The van der Waals surface area contributed by atoms with Gasteiger partial charge in [-0.2, -0.15) is 0 Å². The van der Waals surface area contributed by atoms with Crippen LogP contribution in [0.3, 0.4) is 0 Å². The zero-order valence-corrected chi connectivity index (χ0v) is 16.9. The molecule has 1 saturated carbocycles. The van der Waals surface area contributed by atoms with Gasteiger partial charge in [-0.05, 0) is 67.1 Å². The van der Waals surface area contributed by atoms with Crippen molar-refractivity contribution in [1.29, 1.82) is 0 Å². The van der Waals surface area contributed by atoms with Gasteiger partial charge in [-0.15, -0.1) is 0 Å². The summed E-state index contributed by atoms with van der Waals surface area (Å²) in [6, 6.07) is 9.09. The third kappa shape index (κ3) is 5.15. The second-order valence-electron chi connectivity index (χ2n) is 8.81. The molecule has 2 aliphatic rings. The van der Waals surface area contributed by atoms with E-state index in [2.05, 4.69) is 13.8 Å². The third-order valence-corrected chi connectivity index (χ3v) is 9.65. The van der Waals surface area contributed by atoms with Crippen molar-refractivity contribution >= 4 is 8.80 Å². The van der Waals surface area contributed by atoms with Gasteiger partial charge in [0.1, 0.15) is 0 Å². The topological polar surface area (TPSA) is 0 Å². The van der Waals surface area contributed by atoms with Crippen LogP contribution in [0.4, 0.5) is 8.78 Å². The van der Waals surface area contributed by atoms with Gasteiger partial charge in [-0.1, -0.05) is 57.3 Å². The fraction of sp³-hybridized carbons (Fsp3) is 0.727. The standard InChI is InChI=1S/C22H33F2Si/c1-16(2)9-12-25-13-10-19(11-14-25)17-3-5-18(6-4-17)20-7-8-21(23)22(24)15-20/h7-8,15-19H,3-6,9-14H2,1-2H3. The molecular formula is C22H33F2Si. The zero-order chi connectivity index (χ0) is 17.8. The third-order valence-electron chi connectivity index (χ3n) is 6.67. The predicted octanol–water partition coefficient (Wildman–Crippen LogP) is 7.19. The minimum atomic E-state index is -0.727. The lowest BCUT2D eigenvalue weighted by atomic mass is 9.72. The molecule has 1 aromatic carbocycles. The SMILES string of the molecule is CC(C)CC[Si]1CCC(C2CCC(c3ccc(F)c(F)c3)CC2)CC1. The lowest BCUT2D eigenvalue weighted by Crippen LogP contribution is -2.28. The molecule has 0 unspecified atom stereocenters. The van der Waals surface area contributed by atoms with Crippen LogP contribution in [-0.2, 0) is 0 Å². The van der Waals surface area contributed by atoms with Gasteiger partial charge in [0.05, 0.1) is 0 Å². The Morgan fingerprint density at radius 3 is 2.16 bits per heavy atom. The van der Waals surface area contributed by atoms with Crippen molar-refractivity contribution in [2.45, 2.75) is 82.8 Å². The van der Waals surface area contributed by atoms with Crippen molar-refractivity contribution in [3.8, 4) is 0 Å². The Kier molecular flexibility index (Phi) is 6.71. The lowest BCUT2D eigenvalue weighted by molar-refractivity contribution is 0.216. The molecule has 0 atom stereocenters. The fourth-order valence-corrected chi connectivity index (χ4v) is 8.25.